The summed E-state index contributed by atoms with van der Waals surface area (Å²) in [5.74, 6) is 1.60. The second-order valence-corrected chi connectivity index (χ2v) is 15.1. The zero-order valence-electron chi connectivity index (χ0n) is 27.7. The van der Waals surface area contributed by atoms with Gasteiger partial charge in [0.1, 0.15) is 5.76 Å². The number of pyridine rings is 1. The zero-order chi connectivity index (χ0) is 30.8. The number of carbonyl (C=O) groups excluding carboxylic acids is 1. The van der Waals surface area contributed by atoms with Crippen molar-refractivity contribution in [3.63, 3.8) is 0 Å². The van der Waals surface area contributed by atoms with E-state index < -0.39 is 5.41 Å². The Bertz CT molecular complexity index is 1390. The van der Waals surface area contributed by atoms with E-state index in [1.807, 2.05) is 47.7 Å². The largest absolute Gasteiger partial charge is 0.512 e. The van der Waals surface area contributed by atoms with E-state index in [-0.39, 0.29) is 42.5 Å². The number of carbonyl (C=O) groups is 1. The van der Waals surface area contributed by atoms with Crippen LogP contribution >= 0.6 is 0 Å². The van der Waals surface area contributed by atoms with Crippen LogP contribution in [0.25, 0.3) is 22.0 Å². The second-order valence-electron chi connectivity index (χ2n) is 15.1. The average molecular weight is 747 g/mol. The van der Waals surface area contributed by atoms with E-state index in [0.717, 1.165) is 17.2 Å². The van der Waals surface area contributed by atoms with E-state index in [0.29, 0.717) is 5.92 Å². The summed E-state index contributed by atoms with van der Waals surface area (Å²) in [4.78, 5) is 16.3. The first-order valence-corrected chi connectivity index (χ1v) is 15.3. The molecule has 0 amide bonds. The van der Waals surface area contributed by atoms with Crippen LogP contribution in [0.15, 0.2) is 54.4 Å². The quantitative estimate of drug-likeness (QED) is 0.164. The van der Waals surface area contributed by atoms with Gasteiger partial charge in [-0.2, -0.15) is 0 Å². The van der Waals surface area contributed by atoms with Gasteiger partial charge >= 0.3 is 0 Å². The maximum Gasteiger partial charge on any atom is 0.164 e. The van der Waals surface area contributed by atoms with Gasteiger partial charge in [-0.1, -0.05) is 107 Å². The number of aliphatic hydroxyl groups is 1. The van der Waals surface area contributed by atoms with Gasteiger partial charge < -0.3 is 10.1 Å². The second kappa shape index (κ2) is 14.0. The summed E-state index contributed by atoms with van der Waals surface area (Å²) >= 11 is 0. The van der Waals surface area contributed by atoms with E-state index in [4.69, 9.17) is 4.98 Å². The molecule has 0 bridgehead atoms. The maximum absolute atomic E-state index is 11.5. The SMILES string of the molecule is CC(C)(C)C(=O)/C=C(\O)C(C)(C)C.Cc1[c-]c(-c2cc3ccc(C(C)C4CCCC4)cc3cn2)cc(C(C)(C)C)c1.[Ir]. The molecule has 0 aliphatic heterocycles. The zero-order valence-corrected chi connectivity index (χ0v) is 30.1. The molecule has 3 aromatic rings. The predicted octanol–water partition coefficient (Wildman–Crippen LogP) is 10.7. The summed E-state index contributed by atoms with van der Waals surface area (Å²) in [5, 5.41) is 12.1. The number of rotatable bonds is 4. The van der Waals surface area contributed by atoms with Gasteiger partial charge in [-0.25, -0.2) is 0 Å². The Morgan fingerprint density at radius 3 is 2.10 bits per heavy atom. The molecule has 1 aliphatic carbocycles. The summed E-state index contributed by atoms with van der Waals surface area (Å²) in [6, 6.07) is 17.2. The fraction of sp³-hybridized carbons (Fsp3) is 0.526. The molecule has 42 heavy (non-hydrogen) atoms. The summed E-state index contributed by atoms with van der Waals surface area (Å²) in [6.07, 6.45) is 8.95. The molecule has 3 nitrogen and oxygen atoms in total. The summed E-state index contributed by atoms with van der Waals surface area (Å²) in [7, 11) is 0. The third-order valence-corrected chi connectivity index (χ3v) is 8.30. The first-order valence-electron chi connectivity index (χ1n) is 15.3. The van der Waals surface area contributed by atoms with Crippen LogP contribution in [0.3, 0.4) is 0 Å². The van der Waals surface area contributed by atoms with Crippen LogP contribution < -0.4 is 0 Å². The van der Waals surface area contributed by atoms with Crippen LogP contribution in [0.5, 0.6) is 0 Å². The smallest absolute Gasteiger partial charge is 0.164 e. The van der Waals surface area contributed by atoms with Gasteiger partial charge in [0.15, 0.2) is 5.78 Å². The molecule has 1 radical (unpaired) electrons. The average Bonchev–Trinajstić information content (AvgIpc) is 3.41. The molecular formula is C38H52IrNO2-. The Morgan fingerprint density at radius 1 is 0.929 bits per heavy atom. The van der Waals surface area contributed by atoms with Crippen molar-refractivity contribution in [2.45, 2.75) is 113 Å². The van der Waals surface area contributed by atoms with Crippen molar-refractivity contribution in [1.82, 2.24) is 4.98 Å². The summed E-state index contributed by atoms with van der Waals surface area (Å²) in [5.41, 5.74) is 5.43. The molecule has 1 atom stereocenters. The van der Waals surface area contributed by atoms with Crippen LogP contribution in [-0.2, 0) is 30.3 Å². The molecule has 1 unspecified atom stereocenters. The van der Waals surface area contributed by atoms with E-state index in [9.17, 15) is 9.90 Å². The molecule has 231 valence electrons. The minimum absolute atomic E-state index is 0. The number of aromatic nitrogens is 1. The molecule has 2 aromatic carbocycles. The summed E-state index contributed by atoms with van der Waals surface area (Å²) < 4.78 is 0. The third kappa shape index (κ3) is 9.61. The van der Waals surface area contributed by atoms with Crippen molar-refractivity contribution in [2.75, 3.05) is 0 Å². The van der Waals surface area contributed by atoms with E-state index in [1.165, 1.54) is 59.2 Å². The van der Waals surface area contributed by atoms with Crippen molar-refractivity contribution < 1.29 is 30.0 Å². The maximum atomic E-state index is 11.5. The van der Waals surface area contributed by atoms with Crippen molar-refractivity contribution in [1.29, 1.82) is 0 Å². The van der Waals surface area contributed by atoms with Crippen LogP contribution in [0.1, 0.15) is 118 Å². The molecule has 1 fully saturated rings. The first kappa shape index (κ1) is 35.9. The Labute approximate surface area is 269 Å². The van der Waals surface area contributed by atoms with Gasteiger partial charge in [0.05, 0.1) is 0 Å². The number of hydrogen-bond donors (Lipinski definition) is 1. The predicted molar refractivity (Wildman–Crippen MR) is 174 cm³/mol. The molecule has 4 heteroatoms. The normalized spacial score (nSPS) is 15.5. The van der Waals surface area contributed by atoms with Crippen LogP contribution in [0, 0.1) is 29.7 Å². The molecule has 4 rings (SSSR count). The topological polar surface area (TPSA) is 50.2 Å². The van der Waals surface area contributed by atoms with Crippen molar-refractivity contribution in [3.8, 4) is 11.3 Å². The third-order valence-electron chi connectivity index (χ3n) is 8.30. The van der Waals surface area contributed by atoms with Gasteiger partial charge in [-0.05, 0) is 58.2 Å². The number of benzene rings is 2. The Kier molecular flexibility index (Phi) is 12.0. The molecule has 0 spiro atoms. The van der Waals surface area contributed by atoms with Crippen LogP contribution in [0.4, 0.5) is 0 Å². The van der Waals surface area contributed by atoms with E-state index in [1.54, 1.807) is 0 Å². The minimum Gasteiger partial charge on any atom is -0.512 e. The van der Waals surface area contributed by atoms with E-state index >= 15 is 0 Å². The fourth-order valence-electron chi connectivity index (χ4n) is 5.16. The number of ketones is 1. The monoisotopic (exact) mass is 747 g/mol. The molecular weight excluding hydrogens is 695 g/mol. The van der Waals surface area contributed by atoms with Crippen molar-refractivity contribution in [2.24, 2.45) is 16.7 Å². The molecule has 1 aromatic heterocycles. The van der Waals surface area contributed by atoms with Crippen molar-refractivity contribution in [3.05, 3.63) is 77.2 Å². The number of hydrogen-bond acceptors (Lipinski definition) is 3. The summed E-state index contributed by atoms with van der Waals surface area (Å²) in [6.45, 7) is 22.4. The van der Waals surface area contributed by atoms with Crippen LogP contribution in [-0.4, -0.2) is 15.9 Å². The number of fused-ring (bicyclic) bond motifs is 1. The molecule has 1 N–H and O–H groups in total. The Morgan fingerprint density at radius 2 is 1.55 bits per heavy atom. The first-order chi connectivity index (χ1) is 18.9. The van der Waals surface area contributed by atoms with Gasteiger partial charge in [-0.3, -0.25) is 4.79 Å². The number of nitrogens with zero attached hydrogens (tertiary/aromatic N) is 1. The number of aliphatic hydroxyl groups excluding tert-OH is 1. The molecule has 1 heterocycles. The van der Waals surface area contributed by atoms with Gasteiger partial charge in [0.25, 0.3) is 0 Å². The van der Waals surface area contributed by atoms with Crippen molar-refractivity contribution >= 4 is 16.6 Å². The molecule has 1 saturated carbocycles. The molecule has 0 saturated heterocycles. The number of allylic oxidation sites excluding steroid dienone is 2. The standard InChI is InChI=1S/C27H32N.C11H20O2.Ir/c1-18-12-23(15-25(13-18)27(3,4)5)26-16-22-11-10-21(14-24(22)17-28-26)19(2)20-8-6-7-9-20;1-10(2,3)8(12)7-9(13)11(4,5)6;/h10-11,13-17,19-20H,6-9H2,1-5H3;7,12H,1-6H3;/q-1;;/b;8-7-;. The fourth-order valence-corrected chi connectivity index (χ4v) is 5.16. The Balaban J connectivity index is 0.000000377. The Hall–Kier alpha value is -2.29. The van der Waals surface area contributed by atoms with Crippen LogP contribution in [0.2, 0.25) is 0 Å². The minimum atomic E-state index is -0.417. The van der Waals surface area contributed by atoms with Gasteiger partial charge in [0.2, 0.25) is 0 Å². The molecule has 1 aliphatic rings. The van der Waals surface area contributed by atoms with Gasteiger partial charge in [0, 0.05) is 43.2 Å². The number of aryl methyl sites for hydroxylation is 1. The van der Waals surface area contributed by atoms with E-state index in [2.05, 4.69) is 77.1 Å². The van der Waals surface area contributed by atoms with Gasteiger partial charge in [-0.15, -0.1) is 34.9 Å².